The second-order valence-corrected chi connectivity index (χ2v) is 4.41. The van der Waals surface area contributed by atoms with Crippen LogP contribution in [0.5, 0.6) is 0 Å². The van der Waals surface area contributed by atoms with Crippen LogP contribution in [-0.2, 0) is 6.54 Å². The van der Waals surface area contributed by atoms with Crippen LogP contribution >= 0.6 is 0 Å². The summed E-state index contributed by atoms with van der Waals surface area (Å²) < 4.78 is 1.64. The van der Waals surface area contributed by atoms with Crippen molar-refractivity contribution >= 4 is 5.91 Å². The predicted molar refractivity (Wildman–Crippen MR) is 76.8 cm³/mol. The molecule has 21 heavy (non-hydrogen) atoms. The van der Waals surface area contributed by atoms with Crippen molar-refractivity contribution in [1.82, 2.24) is 25.3 Å². The number of amides is 1. The molecule has 1 N–H and O–H groups in total. The highest BCUT2D eigenvalue weighted by Gasteiger charge is 2.06. The second-order valence-electron chi connectivity index (χ2n) is 4.41. The zero-order valence-corrected chi connectivity index (χ0v) is 11.2. The minimum absolute atomic E-state index is 0.130. The molecule has 2 aromatic heterocycles. The van der Waals surface area contributed by atoms with Crippen molar-refractivity contribution in [2.45, 2.75) is 6.54 Å². The van der Waals surface area contributed by atoms with Gasteiger partial charge in [-0.3, -0.25) is 9.78 Å². The van der Waals surface area contributed by atoms with Crippen molar-refractivity contribution in [1.29, 1.82) is 0 Å². The molecule has 0 unspecified atom stereocenters. The predicted octanol–water partition coefficient (Wildman–Crippen LogP) is 1.59. The molecule has 1 amide bonds. The zero-order valence-electron chi connectivity index (χ0n) is 11.2. The van der Waals surface area contributed by atoms with Crippen LogP contribution < -0.4 is 5.32 Å². The third-order valence-corrected chi connectivity index (χ3v) is 2.93. The molecular formula is C15H13N5O. The van der Waals surface area contributed by atoms with Gasteiger partial charge < -0.3 is 5.32 Å². The Kier molecular flexibility index (Phi) is 3.68. The van der Waals surface area contributed by atoms with Crippen LogP contribution in [0.15, 0.2) is 61.1 Å². The molecule has 0 aliphatic heterocycles. The van der Waals surface area contributed by atoms with Crippen LogP contribution in [0.2, 0.25) is 0 Å². The topological polar surface area (TPSA) is 72.7 Å². The monoisotopic (exact) mass is 279 g/mol. The molecule has 0 aliphatic rings. The Labute approximate surface area is 121 Å². The number of benzene rings is 1. The highest BCUT2D eigenvalue weighted by molar-refractivity contribution is 5.93. The number of hydrogen-bond donors (Lipinski definition) is 1. The maximum Gasteiger partial charge on any atom is 0.251 e. The largest absolute Gasteiger partial charge is 0.346 e. The van der Waals surface area contributed by atoms with Crippen molar-refractivity contribution in [3.63, 3.8) is 0 Å². The SMILES string of the molecule is O=C(NCc1cn(-c2ccncc2)nn1)c1ccccc1. The molecule has 104 valence electrons. The highest BCUT2D eigenvalue weighted by atomic mass is 16.1. The smallest absolute Gasteiger partial charge is 0.251 e. The van der Waals surface area contributed by atoms with Gasteiger partial charge in [0, 0.05) is 18.0 Å². The van der Waals surface area contributed by atoms with Gasteiger partial charge >= 0.3 is 0 Å². The lowest BCUT2D eigenvalue weighted by Gasteiger charge is -2.02. The number of nitrogens with zero attached hydrogens (tertiary/aromatic N) is 4. The third-order valence-electron chi connectivity index (χ3n) is 2.93. The van der Waals surface area contributed by atoms with Gasteiger partial charge in [-0.2, -0.15) is 0 Å². The number of nitrogens with one attached hydrogen (secondary N) is 1. The number of hydrogen-bond acceptors (Lipinski definition) is 4. The average molecular weight is 279 g/mol. The van der Waals surface area contributed by atoms with E-state index in [4.69, 9.17) is 0 Å². The number of carbonyl (C=O) groups excluding carboxylic acids is 1. The highest BCUT2D eigenvalue weighted by Crippen LogP contribution is 2.05. The van der Waals surface area contributed by atoms with E-state index in [1.165, 1.54) is 0 Å². The Morgan fingerprint density at radius 2 is 1.86 bits per heavy atom. The van der Waals surface area contributed by atoms with Crippen molar-refractivity contribution in [2.75, 3.05) is 0 Å². The van der Waals surface area contributed by atoms with Crippen molar-refractivity contribution in [2.24, 2.45) is 0 Å². The van der Waals surface area contributed by atoms with E-state index < -0.39 is 0 Å². The van der Waals surface area contributed by atoms with E-state index in [0.717, 1.165) is 5.69 Å². The molecule has 1 aromatic carbocycles. The fraction of sp³-hybridized carbons (Fsp3) is 0.0667. The molecule has 0 saturated carbocycles. The van der Waals surface area contributed by atoms with Crippen LogP contribution in [0, 0.1) is 0 Å². The lowest BCUT2D eigenvalue weighted by molar-refractivity contribution is 0.0950. The Hall–Kier alpha value is -3.02. The standard InChI is InChI=1S/C15H13N5O/c21-15(12-4-2-1-3-5-12)17-10-13-11-20(19-18-13)14-6-8-16-9-7-14/h1-9,11H,10H2,(H,17,21). The number of rotatable bonds is 4. The molecular weight excluding hydrogens is 266 g/mol. The van der Waals surface area contributed by atoms with Crippen molar-refractivity contribution in [3.8, 4) is 5.69 Å². The Bertz CT molecular complexity index is 724. The second kappa shape index (κ2) is 5.96. The first kappa shape index (κ1) is 13.0. The molecule has 6 nitrogen and oxygen atoms in total. The maximum absolute atomic E-state index is 11.9. The lowest BCUT2D eigenvalue weighted by atomic mass is 10.2. The number of aromatic nitrogens is 4. The number of pyridine rings is 1. The Morgan fingerprint density at radius 1 is 1.10 bits per heavy atom. The molecule has 0 bridgehead atoms. The van der Waals surface area contributed by atoms with Gasteiger partial charge in [0.2, 0.25) is 0 Å². The van der Waals surface area contributed by atoms with Crippen LogP contribution in [0.3, 0.4) is 0 Å². The summed E-state index contributed by atoms with van der Waals surface area (Å²) in [5, 5.41) is 10.9. The van der Waals surface area contributed by atoms with Crippen LogP contribution in [0.1, 0.15) is 16.1 Å². The van der Waals surface area contributed by atoms with Gasteiger partial charge in [-0.25, -0.2) is 4.68 Å². The fourth-order valence-corrected chi connectivity index (χ4v) is 1.86. The lowest BCUT2D eigenvalue weighted by Crippen LogP contribution is -2.22. The van der Waals surface area contributed by atoms with Gasteiger partial charge in [-0.15, -0.1) is 5.10 Å². The molecule has 0 radical (unpaired) electrons. The zero-order chi connectivity index (χ0) is 14.5. The molecule has 0 fully saturated rings. The van der Waals surface area contributed by atoms with Gasteiger partial charge in [-0.1, -0.05) is 23.4 Å². The summed E-state index contributed by atoms with van der Waals surface area (Å²) in [6.45, 7) is 0.332. The van der Waals surface area contributed by atoms with E-state index in [1.54, 1.807) is 35.4 Å². The summed E-state index contributed by atoms with van der Waals surface area (Å²) in [4.78, 5) is 15.9. The molecule has 2 heterocycles. The summed E-state index contributed by atoms with van der Waals surface area (Å²) in [5.74, 6) is -0.130. The first-order valence-electron chi connectivity index (χ1n) is 6.48. The van der Waals surface area contributed by atoms with Gasteiger partial charge in [-0.05, 0) is 24.3 Å². The van der Waals surface area contributed by atoms with Crippen LogP contribution in [-0.4, -0.2) is 25.9 Å². The van der Waals surface area contributed by atoms with E-state index in [1.807, 2.05) is 30.3 Å². The van der Waals surface area contributed by atoms with Crippen molar-refractivity contribution < 1.29 is 4.79 Å². The van der Waals surface area contributed by atoms with E-state index in [9.17, 15) is 4.79 Å². The third kappa shape index (κ3) is 3.11. The van der Waals surface area contributed by atoms with E-state index in [2.05, 4.69) is 20.6 Å². The summed E-state index contributed by atoms with van der Waals surface area (Å²) in [6, 6.07) is 12.7. The summed E-state index contributed by atoms with van der Waals surface area (Å²) in [6.07, 6.45) is 5.16. The van der Waals surface area contributed by atoms with Gasteiger partial charge in [0.15, 0.2) is 0 Å². The summed E-state index contributed by atoms with van der Waals surface area (Å²) in [5.41, 5.74) is 2.19. The molecule has 3 aromatic rings. The summed E-state index contributed by atoms with van der Waals surface area (Å²) in [7, 11) is 0. The molecule has 0 saturated heterocycles. The first-order chi connectivity index (χ1) is 10.3. The average Bonchev–Trinajstić information content (AvgIpc) is 3.03. The van der Waals surface area contributed by atoms with Gasteiger partial charge in [0.1, 0.15) is 5.69 Å². The van der Waals surface area contributed by atoms with Gasteiger partial charge in [0.05, 0.1) is 18.4 Å². The maximum atomic E-state index is 11.9. The minimum Gasteiger partial charge on any atom is -0.346 e. The van der Waals surface area contributed by atoms with Crippen LogP contribution in [0.25, 0.3) is 5.69 Å². The van der Waals surface area contributed by atoms with E-state index >= 15 is 0 Å². The minimum atomic E-state index is -0.130. The van der Waals surface area contributed by atoms with Crippen molar-refractivity contribution in [3.05, 3.63) is 72.3 Å². The van der Waals surface area contributed by atoms with E-state index in [0.29, 0.717) is 17.8 Å². The first-order valence-corrected chi connectivity index (χ1v) is 6.48. The molecule has 0 atom stereocenters. The normalized spacial score (nSPS) is 10.3. The van der Waals surface area contributed by atoms with E-state index in [-0.39, 0.29) is 5.91 Å². The van der Waals surface area contributed by atoms with Crippen LogP contribution in [0.4, 0.5) is 0 Å². The Morgan fingerprint density at radius 3 is 2.62 bits per heavy atom. The Balaban J connectivity index is 1.64. The molecule has 3 rings (SSSR count). The number of carbonyl (C=O) groups is 1. The molecule has 0 spiro atoms. The molecule has 0 aliphatic carbocycles. The molecule has 6 heteroatoms. The quantitative estimate of drug-likeness (QED) is 0.787. The summed E-state index contributed by atoms with van der Waals surface area (Å²) >= 11 is 0. The van der Waals surface area contributed by atoms with Gasteiger partial charge in [0.25, 0.3) is 5.91 Å². The fourth-order valence-electron chi connectivity index (χ4n) is 1.86.